The molecule has 0 radical (unpaired) electrons. The highest BCUT2D eigenvalue weighted by Crippen LogP contribution is 2.32. The molecule has 0 unspecified atom stereocenters. The third-order valence-electron chi connectivity index (χ3n) is 8.24. The molecule has 36 heavy (non-hydrogen) atoms. The molecule has 2 aliphatic heterocycles. The first-order valence-corrected chi connectivity index (χ1v) is 14.0. The van der Waals surface area contributed by atoms with E-state index in [0.717, 1.165) is 68.4 Å². The molecule has 198 valence electrons. The minimum absolute atomic E-state index is 0.00850. The van der Waals surface area contributed by atoms with Gasteiger partial charge < -0.3 is 14.7 Å². The number of hydrogen-bond donors (Lipinski definition) is 0. The molecule has 0 N–H and O–H groups in total. The summed E-state index contributed by atoms with van der Waals surface area (Å²) in [6.07, 6.45) is 7.70. The van der Waals surface area contributed by atoms with E-state index in [4.69, 9.17) is 0 Å². The van der Waals surface area contributed by atoms with Gasteiger partial charge in [0, 0.05) is 57.6 Å². The number of rotatable bonds is 4. The van der Waals surface area contributed by atoms with Crippen molar-refractivity contribution in [1.29, 1.82) is 0 Å². The van der Waals surface area contributed by atoms with Crippen LogP contribution in [0.2, 0.25) is 0 Å². The largest absolute Gasteiger partial charge is 0.335 e. The molecule has 2 heterocycles. The smallest absolute Gasteiger partial charge is 0.242 e. The highest BCUT2D eigenvalue weighted by Gasteiger charge is 2.31. The number of anilines is 1. The zero-order valence-electron chi connectivity index (χ0n) is 22.5. The van der Waals surface area contributed by atoms with Gasteiger partial charge in [0.15, 0.2) is 0 Å². The number of carbonyl (C=O) groups excluding carboxylic acids is 3. The number of likely N-dealkylation sites (tertiary alicyclic amines) is 1. The van der Waals surface area contributed by atoms with E-state index in [1.54, 1.807) is 4.90 Å². The minimum Gasteiger partial charge on any atom is -0.335 e. The van der Waals surface area contributed by atoms with E-state index < -0.39 is 0 Å². The van der Waals surface area contributed by atoms with Gasteiger partial charge in [0.2, 0.25) is 17.7 Å². The molecule has 1 aromatic carbocycles. The average molecular weight is 497 g/mol. The predicted molar refractivity (Wildman–Crippen MR) is 143 cm³/mol. The monoisotopic (exact) mass is 496 g/mol. The summed E-state index contributed by atoms with van der Waals surface area (Å²) >= 11 is 0. The molecule has 0 atom stereocenters. The van der Waals surface area contributed by atoms with Crippen LogP contribution in [-0.2, 0) is 20.9 Å². The molecule has 7 heteroatoms. The number of nitrogens with zero attached hydrogens (tertiary/aromatic N) is 4. The van der Waals surface area contributed by atoms with E-state index in [1.807, 2.05) is 11.0 Å². The Balaban J connectivity index is 1.66. The first-order chi connectivity index (χ1) is 17.3. The molecule has 0 spiro atoms. The Kier molecular flexibility index (Phi) is 9.04. The second-order valence-corrected chi connectivity index (χ2v) is 11.1. The summed E-state index contributed by atoms with van der Waals surface area (Å²) in [4.78, 5) is 47.7. The van der Waals surface area contributed by atoms with Crippen LogP contribution < -0.4 is 4.90 Å². The van der Waals surface area contributed by atoms with Crippen LogP contribution in [0.1, 0.15) is 76.3 Å². The fourth-order valence-electron chi connectivity index (χ4n) is 6.08. The molecule has 3 amide bonds. The second kappa shape index (κ2) is 12.2. The fraction of sp³-hybridized carbons (Fsp3) is 0.690. The molecule has 1 saturated heterocycles. The van der Waals surface area contributed by atoms with Gasteiger partial charge in [0.1, 0.15) is 0 Å². The summed E-state index contributed by atoms with van der Waals surface area (Å²) in [5.74, 6) is 0.411. The van der Waals surface area contributed by atoms with Crippen LogP contribution in [0.25, 0.3) is 0 Å². The van der Waals surface area contributed by atoms with Gasteiger partial charge in [-0.1, -0.05) is 37.5 Å². The molecule has 1 saturated carbocycles. The topological polar surface area (TPSA) is 64.2 Å². The summed E-state index contributed by atoms with van der Waals surface area (Å²) in [6.45, 7) is 10.7. The molecule has 3 aliphatic rings. The van der Waals surface area contributed by atoms with Crippen molar-refractivity contribution in [3.8, 4) is 0 Å². The Morgan fingerprint density at radius 3 is 2.42 bits per heavy atom. The van der Waals surface area contributed by atoms with Crippen LogP contribution in [0.4, 0.5) is 5.69 Å². The van der Waals surface area contributed by atoms with Gasteiger partial charge in [-0.3, -0.25) is 19.3 Å². The molecular weight excluding hydrogens is 452 g/mol. The van der Waals surface area contributed by atoms with Crippen LogP contribution in [0, 0.1) is 12.8 Å². The van der Waals surface area contributed by atoms with Crippen molar-refractivity contribution < 1.29 is 14.4 Å². The lowest BCUT2D eigenvalue weighted by atomic mass is 9.87. The van der Waals surface area contributed by atoms with Crippen molar-refractivity contribution in [2.75, 3.05) is 44.2 Å². The highest BCUT2D eigenvalue weighted by atomic mass is 16.2. The first-order valence-electron chi connectivity index (χ1n) is 14.0. The maximum atomic E-state index is 13.9. The molecule has 1 aliphatic carbocycles. The summed E-state index contributed by atoms with van der Waals surface area (Å²) in [5, 5.41) is 0. The lowest BCUT2D eigenvalue weighted by molar-refractivity contribution is -0.139. The third kappa shape index (κ3) is 6.28. The Bertz CT molecular complexity index is 940. The van der Waals surface area contributed by atoms with E-state index in [-0.39, 0.29) is 30.2 Å². The van der Waals surface area contributed by atoms with Crippen LogP contribution in [-0.4, -0.2) is 77.7 Å². The molecule has 0 aromatic heterocycles. The quantitative estimate of drug-likeness (QED) is 0.633. The van der Waals surface area contributed by atoms with Gasteiger partial charge in [-0.2, -0.15) is 0 Å². The average Bonchev–Trinajstić information content (AvgIpc) is 3.25. The Hall–Kier alpha value is -2.41. The zero-order chi connectivity index (χ0) is 25.7. The molecule has 2 fully saturated rings. The predicted octanol–water partition coefficient (Wildman–Crippen LogP) is 3.97. The van der Waals surface area contributed by atoms with E-state index in [0.29, 0.717) is 38.6 Å². The van der Waals surface area contributed by atoms with E-state index in [2.05, 4.69) is 42.7 Å². The van der Waals surface area contributed by atoms with Crippen LogP contribution in [0.3, 0.4) is 0 Å². The molecule has 7 nitrogen and oxygen atoms in total. The van der Waals surface area contributed by atoms with Gasteiger partial charge in [0.25, 0.3) is 0 Å². The molecule has 0 bridgehead atoms. The van der Waals surface area contributed by atoms with E-state index in [1.165, 1.54) is 6.42 Å². The minimum atomic E-state index is -0.00850. The maximum absolute atomic E-state index is 13.9. The Morgan fingerprint density at radius 2 is 1.72 bits per heavy atom. The van der Waals surface area contributed by atoms with Crippen LogP contribution >= 0.6 is 0 Å². The van der Waals surface area contributed by atoms with Crippen molar-refractivity contribution in [1.82, 2.24) is 14.7 Å². The molecule has 1 aromatic rings. The van der Waals surface area contributed by atoms with Gasteiger partial charge in [0.05, 0.1) is 12.2 Å². The van der Waals surface area contributed by atoms with Gasteiger partial charge >= 0.3 is 0 Å². The first kappa shape index (κ1) is 26.6. The fourth-order valence-corrected chi connectivity index (χ4v) is 6.08. The SMILES string of the molecule is Cc1cccc2c1N(C(=O)C1CCCCC1)CCCN(C(C)C)CCN(C(=O)CN1CCCC1=O)C2. The number of aryl methyl sites for hydroxylation is 1. The summed E-state index contributed by atoms with van der Waals surface area (Å²) in [5.41, 5.74) is 3.10. The third-order valence-corrected chi connectivity index (χ3v) is 8.24. The van der Waals surface area contributed by atoms with Crippen molar-refractivity contribution in [2.45, 2.75) is 84.7 Å². The number of carbonyl (C=O) groups is 3. The van der Waals surface area contributed by atoms with Gasteiger partial charge in [-0.05, 0) is 57.6 Å². The molecule has 4 rings (SSSR count). The molecular formula is C29H44N4O3. The van der Waals surface area contributed by atoms with Gasteiger partial charge in [-0.15, -0.1) is 0 Å². The lowest BCUT2D eigenvalue weighted by Gasteiger charge is -2.33. The number of amides is 3. The van der Waals surface area contributed by atoms with Crippen molar-refractivity contribution in [2.24, 2.45) is 5.92 Å². The number of para-hydroxylation sites is 1. The summed E-state index contributed by atoms with van der Waals surface area (Å²) < 4.78 is 0. The summed E-state index contributed by atoms with van der Waals surface area (Å²) in [6, 6.07) is 6.54. The Labute approximate surface area is 216 Å². The summed E-state index contributed by atoms with van der Waals surface area (Å²) in [7, 11) is 0. The normalized spacial score (nSPS) is 21.0. The maximum Gasteiger partial charge on any atom is 0.242 e. The van der Waals surface area contributed by atoms with Crippen molar-refractivity contribution in [3.05, 3.63) is 29.3 Å². The second-order valence-electron chi connectivity index (χ2n) is 11.1. The number of fused-ring (bicyclic) bond motifs is 1. The van der Waals surface area contributed by atoms with Crippen molar-refractivity contribution in [3.63, 3.8) is 0 Å². The Morgan fingerprint density at radius 1 is 0.944 bits per heavy atom. The number of hydrogen-bond acceptors (Lipinski definition) is 4. The zero-order valence-corrected chi connectivity index (χ0v) is 22.5. The van der Waals surface area contributed by atoms with Gasteiger partial charge in [-0.25, -0.2) is 0 Å². The van der Waals surface area contributed by atoms with E-state index >= 15 is 0 Å². The van der Waals surface area contributed by atoms with E-state index in [9.17, 15) is 14.4 Å². The van der Waals surface area contributed by atoms with Crippen molar-refractivity contribution >= 4 is 23.4 Å². The highest BCUT2D eigenvalue weighted by molar-refractivity contribution is 5.96. The van der Waals surface area contributed by atoms with Crippen LogP contribution in [0.5, 0.6) is 0 Å². The van der Waals surface area contributed by atoms with Crippen LogP contribution in [0.15, 0.2) is 18.2 Å². The standard InChI is InChI=1S/C29H44N4O3/c1-22(2)30-16-9-17-33(29(36)24-11-5-4-6-12-24)28-23(3)10-7-13-25(28)20-32(19-18-30)27(35)21-31-15-8-14-26(31)34/h7,10,13,22,24H,4-6,8-9,11-12,14-21H2,1-3H3. The lowest BCUT2D eigenvalue weighted by Crippen LogP contribution is -2.45. The number of benzene rings is 1.